The zero-order valence-corrected chi connectivity index (χ0v) is 18.8. The van der Waals surface area contributed by atoms with Crippen molar-refractivity contribution in [1.29, 1.82) is 0 Å². The number of hydrogen-bond acceptors (Lipinski definition) is 5. The molecule has 1 aliphatic heterocycles. The van der Waals surface area contributed by atoms with Gasteiger partial charge in [-0.25, -0.2) is 14.4 Å². The zero-order chi connectivity index (χ0) is 23.7. The molecule has 0 radical (unpaired) electrons. The van der Waals surface area contributed by atoms with Gasteiger partial charge >= 0.3 is 0 Å². The Kier molecular flexibility index (Phi) is 5.51. The molecule has 0 fully saturated rings. The van der Waals surface area contributed by atoms with Gasteiger partial charge in [0.05, 0.1) is 40.6 Å². The molecule has 5 rings (SSSR count). The van der Waals surface area contributed by atoms with Gasteiger partial charge in [-0.1, -0.05) is 18.7 Å². The van der Waals surface area contributed by atoms with E-state index in [0.717, 1.165) is 33.8 Å². The summed E-state index contributed by atoms with van der Waals surface area (Å²) < 4.78 is 21.1. The summed E-state index contributed by atoms with van der Waals surface area (Å²) in [6.45, 7) is 5.80. The average molecular weight is 452 g/mol. The standard InChI is InChI=1S/C27H22FN5O/c1-17(2)30-23-16-26-24(15-22(23)32-21-8-6-14-29-27(21)34-3)31-20-7-4-5-9-25(20)33(26)19-12-10-18(28)11-13-19/h4-16,32H,1H2,2-3H3. The average Bonchev–Trinajstić information content (AvgIpc) is 2.84. The van der Waals surface area contributed by atoms with E-state index in [0.29, 0.717) is 22.6 Å². The molecule has 2 heterocycles. The van der Waals surface area contributed by atoms with Gasteiger partial charge in [0.1, 0.15) is 11.5 Å². The van der Waals surface area contributed by atoms with Crippen molar-refractivity contribution in [1.82, 2.24) is 14.5 Å². The normalized spacial score (nSPS) is 11.7. The number of halogens is 1. The molecule has 0 bridgehead atoms. The number of ether oxygens (including phenoxy) is 1. The number of rotatable bonds is 5. The second kappa shape index (κ2) is 8.78. The van der Waals surface area contributed by atoms with E-state index in [-0.39, 0.29) is 5.82 Å². The minimum absolute atomic E-state index is 0.290. The van der Waals surface area contributed by atoms with Gasteiger partial charge in [-0.2, -0.15) is 0 Å². The Hall–Kier alpha value is -4.52. The number of para-hydroxylation sites is 2. The van der Waals surface area contributed by atoms with Crippen LogP contribution in [0.4, 0.5) is 15.8 Å². The monoisotopic (exact) mass is 451 g/mol. The molecule has 1 aliphatic carbocycles. The second-order valence-corrected chi connectivity index (χ2v) is 7.80. The van der Waals surface area contributed by atoms with Crippen LogP contribution in [0, 0.1) is 5.82 Å². The second-order valence-electron chi connectivity index (χ2n) is 7.80. The smallest absolute Gasteiger partial charge is 0.237 e. The third-order valence-corrected chi connectivity index (χ3v) is 5.33. The SMILES string of the molecule is C=C(C)N=c1cc2n(-c3ccc(F)cc3)c3ccccc3nc-2cc1Nc1cccnc1OC. The number of fused-ring (bicyclic) bond motifs is 2. The first kappa shape index (κ1) is 21.3. The Morgan fingerprint density at radius 3 is 2.59 bits per heavy atom. The molecule has 1 N–H and O–H groups in total. The number of pyridine rings is 1. The topological polar surface area (TPSA) is 64.3 Å². The molecule has 0 atom stereocenters. The lowest BCUT2D eigenvalue weighted by Gasteiger charge is -2.20. The largest absolute Gasteiger partial charge is 0.480 e. The Labute approximate surface area is 196 Å². The molecule has 7 heteroatoms. The molecule has 0 amide bonds. The number of nitrogens with one attached hydrogen (secondary N) is 1. The molecule has 3 aromatic rings. The van der Waals surface area contributed by atoms with Crippen molar-refractivity contribution in [2.75, 3.05) is 12.4 Å². The summed E-state index contributed by atoms with van der Waals surface area (Å²) >= 11 is 0. The molecular formula is C27H22FN5O. The van der Waals surface area contributed by atoms with E-state index >= 15 is 0 Å². The summed E-state index contributed by atoms with van der Waals surface area (Å²) in [6, 6.07) is 21.9. The van der Waals surface area contributed by atoms with Crippen LogP contribution in [0.5, 0.6) is 5.88 Å². The van der Waals surface area contributed by atoms with Gasteiger partial charge in [-0.15, -0.1) is 0 Å². The van der Waals surface area contributed by atoms with Crippen LogP contribution in [0.3, 0.4) is 0 Å². The lowest BCUT2D eigenvalue weighted by Crippen LogP contribution is -2.15. The van der Waals surface area contributed by atoms with Crippen LogP contribution in [0.2, 0.25) is 0 Å². The number of nitrogens with zero attached hydrogens (tertiary/aromatic N) is 4. The molecule has 0 unspecified atom stereocenters. The van der Waals surface area contributed by atoms with Gasteiger partial charge in [0.2, 0.25) is 5.88 Å². The molecular weight excluding hydrogens is 429 g/mol. The number of anilines is 2. The van der Waals surface area contributed by atoms with Crippen LogP contribution in [0.25, 0.3) is 28.1 Å². The summed E-state index contributed by atoms with van der Waals surface area (Å²) in [6.07, 6.45) is 1.67. The first-order valence-corrected chi connectivity index (χ1v) is 10.7. The fraction of sp³-hybridized carbons (Fsp3) is 0.0741. The number of hydrogen-bond donors (Lipinski definition) is 1. The highest BCUT2D eigenvalue weighted by molar-refractivity contribution is 5.84. The minimum Gasteiger partial charge on any atom is -0.480 e. The van der Waals surface area contributed by atoms with E-state index in [9.17, 15) is 4.39 Å². The summed E-state index contributed by atoms with van der Waals surface area (Å²) in [7, 11) is 1.58. The summed E-state index contributed by atoms with van der Waals surface area (Å²) in [5.41, 5.74) is 6.20. The molecule has 2 aromatic carbocycles. The van der Waals surface area contributed by atoms with Crippen molar-refractivity contribution in [3.63, 3.8) is 0 Å². The quantitative estimate of drug-likeness (QED) is 0.341. The van der Waals surface area contributed by atoms with Gasteiger partial charge in [0.15, 0.2) is 0 Å². The Morgan fingerprint density at radius 2 is 1.82 bits per heavy atom. The highest BCUT2D eigenvalue weighted by Crippen LogP contribution is 2.31. The molecule has 0 spiro atoms. The third kappa shape index (κ3) is 3.99. The van der Waals surface area contributed by atoms with Crippen molar-refractivity contribution in [3.05, 3.63) is 102 Å². The predicted octanol–water partition coefficient (Wildman–Crippen LogP) is 5.85. The Balaban J connectivity index is 1.82. The van der Waals surface area contributed by atoms with Crippen LogP contribution in [-0.2, 0) is 0 Å². The fourth-order valence-electron chi connectivity index (χ4n) is 3.90. The Bertz CT molecular complexity index is 1560. The fourth-order valence-corrected chi connectivity index (χ4v) is 3.90. The molecule has 1 aromatic heterocycles. The van der Waals surface area contributed by atoms with Gasteiger partial charge < -0.3 is 14.6 Å². The Morgan fingerprint density at radius 1 is 1.03 bits per heavy atom. The van der Waals surface area contributed by atoms with E-state index in [4.69, 9.17) is 9.72 Å². The van der Waals surface area contributed by atoms with Crippen molar-refractivity contribution in [2.24, 2.45) is 4.99 Å². The molecule has 6 nitrogen and oxygen atoms in total. The van der Waals surface area contributed by atoms with E-state index in [1.54, 1.807) is 25.4 Å². The number of aromatic nitrogens is 3. The van der Waals surface area contributed by atoms with Crippen molar-refractivity contribution < 1.29 is 9.13 Å². The first-order valence-electron chi connectivity index (χ1n) is 10.7. The minimum atomic E-state index is -0.290. The summed E-state index contributed by atoms with van der Waals surface area (Å²) in [4.78, 5) is 13.8. The van der Waals surface area contributed by atoms with Gasteiger partial charge in [0.25, 0.3) is 0 Å². The van der Waals surface area contributed by atoms with E-state index in [1.165, 1.54) is 12.1 Å². The van der Waals surface area contributed by atoms with E-state index in [1.807, 2.05) is 55.5 Å². The lowest BCUT2D eigenvalue weighted by molar-refractivity contribution is 0.400. The molecule has 168 valence electrons. The van der Waals surface area contributed by atoms with Crippen molar-refractivity contribution in [3.8, 4) is 23.0 Å². The van der Waals surface area contributed by atoms with Crippen molar-refractivity contribution in [2.45, 2.75) is 6.92 Å². The summed E-state index contributed by atoms with van der Waals surface area (Å²) in [5, 5.41) is 4.06. The maximum absolute atomic E-state index is 13.7. The van der Waals surface area contributed by atoms with Gasteiger partial charge in [-0.3, -0.25) is 4.99 Å². The maximum atomic E-state index is 13.7. The van der Waals surface area contributed by atoms with Gasteiger partial charge in [-0.05, 0) is 67.6 Å². The molecule has 2 aliphatic rings. The molecule has 34 heavy (non-hydrogen) atoms. The van der Waals surface area contributed by atoms with Crippen LogP contribution < -0.4 is 15.4 Å². The van der Waals surface area contributed by atoms with Crippen molar-refractivity contribution >= 4 is 22.4 Å². The highest BCUT2D eigenvalue weighted by Gasteiger charge is 2.17. The number of methoxy groups -OCH3 is 1. The van der Waals surface area contributed by atoms with Crippen LogP contribution in [-0.4, -0.2) is 21.6 Å². The molecule has 0 saturated carbocycles. The van der Waals surface area contributed by atoms with E-state index in [2.05, 4.69) is 26.4 Å². The third-order valence-electron chi connectivity index (χ3n) is 5.33. The number of allylic oxidation sites excluding steroid dienone is 1. The lowest BCUT2D eigenvalue weighted by atomic mass is 10.1. The van der Waals surface area contributed by atoms with Gasteiger partial charge in [0, 0.05) is 17.6 Å². The summed E-state index contributed by atoms with van der Waals surface area (Å²) in [5.74, 6) is 0.179. The first-order chi connectivity index (χ1) is 16.5. The van der Waals surface area contributed by atoms with E-state index < -0.39 is 0 Å². The maximum Gasteiger partial charge on any atom is 0.237 e. The van der Waals surface area contributed by atoms with Crippen LogP contribution in [0.15, 0.2) is 96.3 Å². The number of benzene rings is 3. The molecule has 0 saturated heterocycles. The zero-order valence-electron chi connectivity index (χ0n) is 18.8. The van der Waals surface area contributed by atoms with Crippen LogP contribution >= 0.6 is 0 Å². The van der Waals surface area contributed by atoms with Crippen LogP contribution in [0.1, 0.15) is 6.92 Å². The predicted molar refractivity (Wildman–Crippen MR) is 132 cm³/mol. The highest BCUT2D eigenvalue weighted by atomic mass is 19.1.